The van der Waals surface area contributed by atoms with Crippen molar-refractivity contribution >= 4 is 15.9 Å². The molecule has 3 heteroatoms. The number of halogens is 2. The fourth-order valence-corrected chi connectivity index (χ4v) is 2.76. The van der Waals surface area contributed by atoms with Crippen molar-refractivity contribution in [1.29, 1.82) is 0 Å². The minimum atomic E-state index is -0.199. The summed E-state index contributed by atoms with van der Waals surface area (Å²) in [5.41, 5.74) is 1.14. The normalized spacial score (nSPS) is 13.1. The quantitative estimate of drug-likeness (QED) is 0.852. The topological polar surface area (TPSA) is 12.0 Å². The van der Waals surface area contributed by atoms with Crippen molar-refractivity contribution in [1.82, 2.24) is 5.32 Å². The summed E-state index contributed by atoms with van der Waals surface area (Å²) in [5, 5.41) is 3.33. The second-order valence-electron chi connectivity index (χ2n) is 4.01. The van der Waals surface area contributed by atoms with Gasteiger partial charge < -0.3 is 5.32 Å². The summed E-state index contributed by atoms with van der Waals surface area (Å²) in [6, 6.07) is 5.19. The van der Waals surface area contributed by atoms with Gasteiger partial charge in [-0.15, -0.1) is 0 Å². The zero-order chi connectivity index (χ0) is 12.1. The summed E-state index contributed by atoms with van der Waals surface area (Å²) in [5.74, 6) is 0.377. The maximum Gasteiger partial charge on any atom is 0.124 e. The van der Waals surface area contributed by atoms with E-state index in [1.54, 1.807) is 0 Å². The minimum absolute atomic E-state index is 0.199. The molecule has 1 N–H and O–H groups in total. The molecule has 1 rings (SSSR count). The molecule has 1 aromatic rings. The molecule has 0 spiro atoms. The van der Waals surface area contributed by atoms with Gasteiger partial charge in [0.05, 0.1) is 0 Å². The minimum Gasteiger partial charge on any atom is -0.313 e. The first-order valence-corrected chi connectivity index (χ1v) is 6.55. The van der Waals surface area contributed by atoms with Crippen LogP contribution in [0.15, 0.2) is 22.7 Å². The molecule has 0 bridgehead atoms. The van der Waals surface area contributed by atoms with Crippen molar-refractivity contribution in [2.75, 3.05) is 7.05 Å². The molecule has 0 radical (unpaired) electrons. The maximum absolute atomic E-state index is 13.0. The molecule has 0 aliphatic carbocycles. The fourth-order valence-electron chi connectivity index (χ4n) is 2.16. The van der Waals surface area contributed by atoms with Crippen LogP contribution in [0.4, 0.5) is 4.39 Å². The fraction of sp³-hybridized carbons (Fsp3) is 0.538. The van der Waals surface area contributed by atoms with E-state index < -0.39 is 0 Å². The molecule has 0 heterocycles. The molecule has 1 aromatic carbocycles. The SMILES string of the molecule is CCC(CC)C(NC)c1ccc(F)cc1Br. The van der Waals surface area contributed by atoms with E-state index in [1.165, 1.54) is 12.1 Å². The van der Waals surface area contributed by atoms with E-state index in [1.807, 2.05) is 13.1 Å². The summed E-state index contributed by atoms with van der Waals surface area (Å²) in [4.78, 5) is 0. The maximum atomic E-state index is 13.0. The third-order valence-electron chi connectivity index (χ3n) is 3.13. The Balaban J connectivity index is 3.03. The smallest absolute Gasteiger partial charge is 0.124 e. The average molecular weight is 288 g/mol. The van der Waals surface area contributed by atoms with E-state index in [0.29, 0.717) is 5.92 Å². The second kappa shape index (κ2) is 6.36. The molecule has 1 unspecified atom stereocenters. The van der Waals surface area contributed by atoms with Gasteiger partial charge in [0.25, 0.3) is 0 Å². The average Bonchev–Trinajstić information content (AvgIpc) is 2.27. The molecule has 0 aliphatic rings. The Morgan fingerprint density at radius 1 is 1.31 bits per heavy atom. The van der Waals surface area contributed by atoms with Gasteiger partial charge in [-0.3, -0.25) is 0 Å². The number of benzene rings is 1. The molecule has 16 heavy (non-hydrogen) atoms. The number of rotatable bonds is 5. The van der Waals surface area contributed by atoms with Gasteiger partial charge in [0.2, 0.25) is 0 Å². The van der Waals surface area contributed by atoms with Crippen molar-refractivity contribution in [3.63, 3.8) is 0 Å². The molecule has 0 amide bonds. The third-order valence-corrected chi connectivity index (χ3v) is 3.82. The third kappa shape index (κ3) is 3.05. The predicted octanol–water partition coefficient (Wildman–Crippen LogP) is 4.28. The Morgan fingerprint density at radius 2 is 1.94 bits per heavy atom. The van der Waals surface area contributed by atoms with E-state index in [0.717, 1.165) is 22.9 Å². The molecular weight excluding hydrogens is 269 g/mol. The number of nitrogens with one attached hydrogen (secondary N) is 1. The molecule has 90 valence electrons. The van der Waals surface area contributed by atoms with Crippen molar-refractivity contribution in [3.05, 3.63) is 34.1 Å². The second-order valence-corrected chi connectivity index (χ2v) is 4.86. The Hall–Kier alpha value is -0.410. The molecule has 0 saturated carbocycles. The highest BCUT2D eigenvalue weighted by atomic mass is 79.9. The lowest BCUT2D eigenvalue weighted by atomic mass is 9.89. The van der Waals surface area contributed by atoms with Gasteiger partial charge in [0, 0.05) is 10.5 Å². The summed E-state index contributed by atoms with van der Waals surface area (Å²) in [6.45, 7) is 4.38. The van der Waals surface area contributed by atoms with Crippen molar-refractivity contribution < 1.29 is 4.39 Å². The van der Waals surface area contributed by atoms with E-state index in [-0.39, 0.29) is 11.9 Å². The zero-order valence-electron chi connectivity index (χ0n) is 10.1. The van der Waals surface area contributed by atoms with Gasteiger partial charge in [0.15, 0.2) is 0 Å². The van der Waals surface area contributed by atoms with Gasteiger partial charge in [-0.05, 0) is 30.7 Å². The first-order chi connectivity index (χ1) is 7.63. The summed E-state index contributed by atoms with van der Waals surface area (Å²) < 4.78 is 13.9. The zero-order valence-corrected chi connectivity index (χ0v) is 11.6. The Kier molecular flexibility index (Phi) is 5.42. The standard InChI is InChI=1S/C13H19BrFN/c1-4-9(5-2)13(16-3)11-7-6-10(15)8-12(11)14/h6-9,13,16H,4-5H2,1-3H3. The molecule has 0 saturated heterocycles. The van der Waals surface area contributed by atoms with Crippen LogP contribution in [0.1, 0.15) is 38.3 Å². The molecule has 0 aliphatic heterocycles. The van der Waals surface area contributed by atoms with E-state index in [9.17, 15) is 4.39 Å². The highest BCUT2D eigenvalue weighted by molar-refractivity contribution is 9.10. The van der Waals surface area contributed by atoms with Gasteiger partial charge in [-0.1, -0.05) is 48.7 Å². The van der Waals surface area contributed by atoms with Crippen LogP contribution in [-0.2, 0) is 0 Å². The molecule has 0 fully saturated rings. The van der Waals surface area contributed by atoms with Crippen LogP contribution >= 0.6 is 15.9 Å². The van der Waals surface area contributed by atoms with Gasteiger partial charge in [-0.25, -0.2) is 4.39 Å². The number of hydrogen-bond donors (Lipinski definition) is 1. The summed E-state index contributed by atoms with van der Waals surface area (Å²) >= 11 is 3.44. The molecule has 1 nitrogen and oxygen atoms in total. The number of hydrogen-bond acceptors (Lipinski definition) is 1. The van der Waals surface area contributed by atoms with Crippen molar-refractivity contribution in [2.45, 2.75) is 32.7 Å². The monoisotopic (exact) mass is 287 g/mol. The lowest BCUT2D eigenvalue weighted by Crippen LogP contribution is -2.25. The van der Waals surface area contributed by atoms with Gasteiger partial charge >= 0.3 is 0 Å². The molecule has 0 aromatic heterocycles. The van der Waals surface area contributed by atoms with Crippen molar-refractivity contribution in [2.24, 2.45) is 5.92 Å². The van der Waals surface area contributed by atoms with E-state index in [4.69, 9.17) is 0 Å². The Labute approximate surface area is 106 Å². The molecular formula is C13H19BrFN. The lowest BCUT2D eigenvalue weighted by molar-refractivity contribution is 0.358. The first kappa shape index (κ1) is 13.7. The predicted molar refractivity (Wildman–Crippen MR) is 70.0 cm³/mol. The van der Waals surface area contributed by atoms with Crippen LogP contribution in [0.3, 0.4) is 0 Å². The Bertz CT molecular complexity index is 337. The van der Waals surface area contributed by atoms with Gasteiger partial charge in [0.1, 0.15) is 5.82 Å². The highest BCUT2D eigenvalue weighted by Gasteiger charge is 2.20. The first-order valence-electron chi connectivity index (χ1n) is 5.76. The van der Waals surface area contributed by atoms with Crippen molar-refractivity contribution in [3.8, 4) is 0 Å². The summed E-state index contributed by atoms with van der Waals surface area (Å²) in [6.07, 6.45) is 2.23. The largest absolute Gasteiger partial charge is 0.313 e. The van der Waals surface area contributed by atoms with Crippen LogP contribution in [0.2, 0.25) is 0 Å². The van der Waals surface area contributed by atoms with Crippen LogP contribution < -0.4 is 5.32 Å². The van der Waals surface area contributed by atoms with Gasteiger partial charge in [-0.2, -0.15) is 0 Å². The van der Waals surface area contributed by atoms with E-state index in [2.05, 4.69) is 35.1 Å². The van der Waals surface area contributed by atoms with Crippen LogP contribution in [0.25, 0.3) is 0 Å². The summed E-state index contributed by atoms with van der Waals surface area (Å²) in [7, 11) is 1.96. The Morgan fingerprint density at radius 3 is 2.38 bits per heavy atom. The van der Waals surface area contributed by atoms with Crippen LogP contribution in [-0.4, -0.2) is 7.05 Å². The highest BCUT2D eigenvalue weighted by Crippen LogP contribution is 2.32. The molecule has 1 atom stereocenters. The van der Waals surface area contributed by atoms with E-state index >= 15 is 0 Å². The lowest BCUT2D eigenvalue weighted by Gasteiger charge is -2.26. The van der Waals surface area contributed by atoms with Crippen LogP contribution in [0, 0.1) is 11.7 Å². The van der Waals surface area contributed by atoms with Crippen LogP contribution in [0.5, 0.6) is 0 Å².